The first-order valence-electron chi connectivity index (χ1n) is 8.25. The van der Waals surface area contributed by atoms with E-state index in [0.717, 1.165) is 0 Å². The number of hydrogen-bond donors (Lipinski definition) is 1. The lowest BCUT2D eigenvalue weighted by Crippen LogP contribution is -2.22. The molecular weight excluding hydrogens is 423 g/mol. The van der Waals surface area contributed by atoms with Gasteiger partial charge in [-0.15, -0.1) is 0 Å². The molecule has 2 aromatic carbocycles. The van der Waals surface area contributed by atoms with Crippen molar-refractivity contribution >= 4 is 46.7 Å². The zero-order chi connectivity index (χ0) is 20.1. The molecule has 0 saturated heterocycles. The van der Waals surface area contributed by atoms with Crippen molar-refractivity contribution in [2.75, 3.05) is 12.0 Å². The number of anilines is 1. The summed E-state index contributed by atoms with van der Waals surface area (Å²) >= 11 is 18.5. The van der Waals surface area contributed by atoms with Gasteiger partial charge >= 0.3 is 0 Å². The molecule has 1 aromatic heterocycles. The van der Waals surface area contributed by atoms with E-state index in [1.807, 2.05) is 13.0 Å². The Morgan fingerprint density at radius 1 is 1.18 bits per heavy atom. The maximum Gasteiger partial charge on any atom is 0.292 e. The van der Waals surface area contributed by atoms with E-state index in [9.17, 15) is 4.79 Å². The summed E-state index contributed by atoms with van der Waals surface area (Å²) in [5, 5.41) is 8.91. The highest BCUT2D eigenvalue weighted by molar-refractivity contribution is 6.37. The number of benzene rings is 2. The molecule has 0 atom stereocenters. The van der Waals surface area contributed by atoms with Crippen LogP contribution in [-0.4, -0.2) is 22.6 Å². The largest absolute Gasteiger partial charge is 0.491 e. The molecule has 0 radical (unpaired) electrons. The minimum atomic E-state index is -0.458. The molecule has 1 N–H and O–H groups in total. The lowest BCUT2D eigenvalue weighted by atomic mass is 10.2. The number of nitrogens with one attached hydrogen (secondary N) is 1. The van der Waals surface area contributed by atoms with Crippen LogP contribution in [0.1, 0.15) is 12.5 Å². The Bertz CT molecular complexity index is 1050. The molecule has 0 aliphatic carbocycles. The van der Waals surface area contributed by atoms with Gasteiger partial charge in [-0.3, -0.25) is 10.2 Å². The molecule has 0 spiro atoms. The number of nitrogens with zero attached hydrogens (tertiary/aromatic N) is 3. The maximum atomic E-state index is 12.4. The van der Waals surface area contributed by atoms with Crippen LogP contribution in [0.15, 0.2) is 58.6 Å². The highest BCUT2D eigenvalue weighted by atomic mass is 35.5. The third kappa shape index (κ3) is 4.47. The van der Waals surface area contributed by atoms with Crippen molar-refractivity contribution in [3.05, 3.63) is 79.6 Å². The van der Waals surface area contributed by atoms with Crippen LogP contribution in [0.2, 0.25) is 15.1 Å². The number of para-hydroxylation sites is 1. The number of ether oxygens (including phenoxy) is 1. The van der Waals surface area contributed by atoms with Crippen molar-refractivity contribution in [1.82, 2.24) is 9.78 Å². The summed E-state index contributed by atoms with van der Waals surface area (Å²) in [5.74, 6) is 0.424. The topological polar surface area (TPSA) is 68.5 Å². The van der Waals surface area contributed by atoms with Gasteiger partial charge in [-0.2, -0.15) is 14.9 Å². The van der Waals surface area contributed by atoms with Crippen LogP contribution >= 0.6 is 34.8 Å². The summed E-state index contributed by atoms with van der Waals surface area (Å²) in [6.07, 6.45) is 2.92. The van der Waals surface area contributed by atoms with E-state index in [-0.39, 0.29) is 10.7 Å². The van der Waals surface area contributed by atoms with Crippen LogP contribution in [0.4, 0.5) is 5.69 Å². The molecule has 0 aliphatic heterocycles. The minimum absolute atomic E-state index is 0.0289. The van der Waals surface area contributed by atoms with Crippen LogP contribution in [-0.2, 0) is 0 Å². The van der Waals surface area contributed by atoms with Gasteiger partial charge in [-0.05, 0) is 36.8 Å². The summed E-state index contributed by atoms with van der Waals surface area (Å²) in [7, 11) is 0. The summed E-state index contributed by atoms with van der Waals surface area (Å²) in [6.45, 7) is 2.30. The van der Waals surface area contributed by atoms with E-state index in [1.54, 1.807) is 36.4 Å². The van der Waals surface area contributed by atoms with Crippen LogP contribution in [0.25, 0.3) is 5.69 Å². The summed E-state index contributed by atoms with van der Waals surface area (Å²) in [5.41, 5.74) is 3.78. The van der Waals surface area contributed by atoms with E-state index in [0.29, 0.717) is 33.7 Å². The molecular formula is C19H15Cl3N4O2. The normalized spacial score (nSPS) is 11.0. The second-order valence-electron chi connectivity index (χ2n) is 5.54. The number of rotatable bonds is 6. The lowest BCUT2D eigenvalue weighted by molar-refractivity contribution is 0.340. The number of halogens is 3. The van der Waals surface area contributed by atoms with E-state index in [1.165, 1.54) is 17.1 Å². The van der Waals surface area contributed by atoms with E-state index < -0.39 is 5.56 Å². The predicted octanol–water partition coefficient (Wildman–Crippen LogP) is 5.04. The summed E-state index contributed by atoms with van der Waals surface area (Å²) in [6, 6.07) is 12.3. The lowest BCUT2D eigenvalue weighted by Gasteiger charge is -2.09. The summed E-state index contributed by atoms with van der Waals surface area (Å²) < 4.78 is 6.60. The molecule has 0 saturated carbocycles. The van der Waals surface area contributed by atoms with Crippen LogP contribution in [0.3, 0.4) is 0 Å². The molecule has 9 heteroatoms. The Morgan fingerprint density at radius 3 is 2.50 bits per heavy atom. The fraction of sp³-hybridized carbons (Fsp3) is 0.105. The van der Waals surface area contributed by atoms with Crippen LogP contribution < -0.4 is 15.7 Å². The van der Waals surface area contributed by atoms with Gasteiger partial charge in [-0.1, -0.05) is 53.0 Å². The molecule has 0 unspecified atom stereocenters. The second-order valence-corrected chi connectivity index (χ2v) is 6.73. The zero-order valence-corrected chi connectivity index (χ0v) is 17.0. The second kappa shape index (κ2) is 9.10. The van der Waals surface area contributed by atoms with E-state index in [2.05, 4.69) is 15.6 Å². The molecule has 144 valence electrons. The van der Waals surface area contributed by atoms with Gasteiger partial charge in [0.2, 0.25) is 0 Å². The number of hydrazone groups is 1. The fourth-order valence-corrected chi connectivity index (χ4v) is 3.16. The van der Waals surface area contributed by atoms with Gasteiger partial charge in [0.15, 0.2) is 5.75 Å². The number of aromatic nitrogens is 2. The predicted molar refractivity (Wildman–Crippen MR) is 114 cm³/mol. The van der Waals surface area contributed by atoms with Gasteiger partial charge in [0, 0.05) is 0 Å². The average Bonchev–Trinajstić information content (AvgIpc) is 2.69. The van der Waals surface area contributed by atoms with E-state index in [4.69, 9.17) is 39.5 Å². The highest BCUT2D eigenvalue weighted by Gasteiger charge is 2.11. The first-order valence-corrected chi connectivity index (χ1v) is 9.38. The Labute approximate surface area is 176 Å². The standard InChI is InChI=1S/C19H15Cl3N4O2/c1-2-28-18-14(20)8-12(9-15(18)21)10-23-25-16-11-24-26(19(27)17(16)22)13-6-4-3-5-7-13/h3-11,25H,2H2,1H3/b23-10-. The van der Waals surface area contributed by atoms with Crippen molar-refractivity contribution < 1.29 is 4.74 Å². The van der Waals surface area contributed by atoms with Gasteiger partial charge in [0.05, 0.1) is 34.8 Å². The van der Waals surface area contributed by atoms with Gasteiger partial charge in [0.1, 0.15) is 10.7 Å². The van der Waals surface area contributed by atoms with Crippen molar-refractivity contribution in [2.45, 2.75) is 6.92 Å². The summed E-state index contributed by atoms with van der Waals surface area (Å²) in [4.78, 5) is 12.4. The van der Waals surface area contributed by atoms with Gasteiger partial charge < -0.3 is 4.74 Å². The van der Waals surface area contributed by atoms with Crippen LogP contribution in [0, 0.1) is 0 Å². The maximum absolute atomic E-state index is 12.4. The molecule has 3 aromatic rings. The van der Waals surface area contributed by atoms with Gasteiger partial charge in [0.25, 0.3) is 5.56 Å². The van der Waals surface area contributed by atoms with Crippen molar-refractivity contribution in [1.29, 1.82) is 0 Å². The Kier molecular flexibility index (Phi) is 6.57. The molecule has 0 amide bonds. The quantitative estimate of drug-likeness (QED) is 0.433. The molecule has 1 heterocycles. The third-order valence-electron chi connectivity index (χ3n) is 3.63. The third-order valence-corrected chi connectivity index (χ3v) is 4.55. The Hall–Kier alpha value is -2.54. The van der Waals surface area contributed by atoms with Crippen molar-refractivity contribution in [3.63, 3.8) is 0 Å². The number of hydrogen-bond acceptors (Lipinski definition) is 5. The molecule has 0 aliphatic rings. The average molecular weight is 438 g/mol. The Balaban J connectivity index is 1.80. The first kappa shape index (κ1) is 20.2. The van der Waals surface area contributed by atoms with Gasteiger partial charge in [-0.25, -0.2) is 0 Å². The molecule has 3 rings (SSSR count). The molecule has 0 bridgehead atoms. The van der Waals surface area contributed by atoms with Crippen molar-refractivity contribution in [3.8, 4) is 11.4 Å². The smallest absolute Gasteiger partial charge is 0.292 e. The molecule has 0 fully saturated rings. The van der Waals surface area contributed by atoms with Crippen molar-refractivity contribution in [2.24, 2.45) is 5.10 Å². The first-order chi connectivity index (χ1) is 13.5. The van der Waals surface area contributed by atoms with E-state index >= 15 is 0 Å². The fourth-order valence-electron chi connectivity index (χ4n) is 2.38. The Morgan fingerprint density at radius 2 is 1.86 bits per heavy atom. The van der Waals surface area contributed by atoms with Crippen LogP contribution in [0.5, 0.6) is 5.75 Å². The molecule has 6 nitrogen and oxygen atoms in total. The SMILES string of the molecule is CCOc1c(Cl)cc(/C=N\Nc2cnn(-c3ccccc3)c(=O)c2Cl)cc1Cl. The zero-order valence-electron chi connectivity index (χ0n) is 14.7. The monoisotopic (exact) mass is 436 g/mol. The highest BCUT2D eigenvalue weighted by Crippen LogP contribution is 2.33. The minimum Gasteiger partial charge on any atom is -0.491 e. The molecule has 28 heavy (non-hydrogen) atoms.